The van der Waals surface area contributed by atoms with E-state index < -0.39 is 0 Å². The Kier molecular flexibility index (Phi) is 4.25. The number of hydrogen-bond acceptors (Lipinski definition) is 2. The first-order valence-electron chi connectivity index (χ1n) is 7.12. The van der Waals surface area contributed by atoms with E-state index in [9.17, 15) is 4.79 Å². The molecule has 19 heavy (non-hydrogen) atoms. The van der Waals surface area contributed by atoms with Crippen molar-refractivity contribution >= 4 is 5.91 Å². The number of carbonyl (C=O) groups excluding carboxylic acids is 1. The maximum atomic E-state index is 12.3. The zero-order valence-corrected chi connectivity index (χ0v) is 11.9. The lowest BCUT2D eigenvalue weighted by atomic mass is 9.84. The van der Waals surface area contributed by atoms with Crippen LogP contribution in [0.15, 0.2) is 24.3 Å². The molecular weight excluding hydrogens is 236 g/mol. The van der Waals surface area contributed by atoms with Crippen LogP contribution in [0.1, 0.15) is 37.3 Å². The molecule has 3 N–H and O–H groups in total. The number of rotatable bonds is 4. The quantitative estimate of drug-likeness (QED) is 0.871. The molecule has 0 aromatic heterocycles. The standard InChI is InChI=1S/C16H24N2O/c1-12-6-3-4-7-13(12)9-11-18-15(19)16(2)10-5-8-14(16)17/h3-4,6-7,14H,5,8-11,17H2,1-2H3,(H,18,19). The summed E-state index contributed by atoms with van der Waals surface area (Å²) in [4.78, 5) is 12.3. The molecule has 0 saturated heterocycles. The second-order valence-corrected chi connectivity index (χ2v) is 5.85. The summed E-state index contributed by atoms with van der Waals surface area (Å²) in [6, 6.07) is 8.30. The SMILES string of the molecule is Cc1ccccc1CCNC(=O)C1(C)CCCC1N. The Labute approximate surface area is 115 Å². The van der Waals surface area contributed by atoms with Crippen LogP contribution in [-0.4, -0.2) is 18.5 Å². The zero-order valence-electron chi connectivity index (χ0n) is 11.9. The molecule has 1 saturated carbocycles. The Balaban J connectivity index is 1.86. The van der Waals surface area contributed by atoms with Crippen molar-refractivity contribution in [2.75, 3.05) is 6.54 Å². The van der Waals surface area contributed by atoms with E-state index in [0.717, 1.165) is 25.7 Å². The third-order valence-electron chi connectivity index (χ3n) is 4.49. The summed E-state index contributed by atoms with van der Waals surface area (Å²) in [5.74, 6) is 0.117. The van der Waals surface area contributed by atoms with Gasteiger partial charge in [-0.1, -0.05) is 30.7 Å². The van der Waals surface area contributed by atoms with Crippen LogP contribution in [0.4, 0.5) is 0 Å². The van der Waals surface area contributed by atoms with Gasteiger partial charge in [0.1, 0.15) is 0 Å². The molecule has 1 amide bonds. The molecule has 3 nitrogen and oxygen atoms in total. The predicted molar refractivity (Wildman–Crippen MR) is 77.8 cm³/mol. The largest absolute Gasteiger partial charge is 0.355 e. The monoisotopic (exact) mass is 260 g/mol. The average Bonchev–Trinajstić information content (AvgIpc) is 2.73. The fourth-order valence-corrected chi connectivity index (χ4v) is 2.88. The normalized spacial score (nSPS) is 26.4. The van der Waals surface area contributed by atoms with Crippen LogP contribution in [0, 0.1) is 12.3 Å². The molecular formula is C16H24N2O. The summed E-state index contributed by atoms with van der Waals surface area (Å²) in [7, 11) is 0. The molecule has 1 fully saturated rings. The summed E-state index contributed by atoms with van der Waals surface area (Å²) in [6.45, 7) is 4.78. The Morgan fingerprint density at radius 1 is 1.47 bits per heavy atom. The molecule has 1 aromatic carbocycles. The highest BCUT2D eigenvalue weighted by molar-refractivity contribution is 5.83. The zero-order chi connectivity index (χ0) is 13.9. The molecule has 1 aliphatic carbocycles. The number of nitrogens with two attached hydrogens (primary N) is 1. The molecule has 0 bridgehead atoms. The Morgan fingerprint density at radius 3 is 2.84 bits per heavy atom. The summed E-state index contributed by atoms with van der Waals surface area (Å²) in [5.41, 5.74) is 8.26. The van der Waals surface area contributed by atoms with E-state index in [0.29, 0.717) is 6.54 Å². The molecule has 2 rings (SSSR count). The minimum atomic E-state index is -0.369. The van der Waals surface area contributed by atoms with Gasteiger partial charge < -0.3 is 11.1 Å². The molecule has 0 spiro atoms. The van der Waals surface area contributed by atoms with Crippen molar-refractivity contribution in [1.29, 1.82) is 0 Å². The molecule has 1 aromatic rings. The summed E-state index contributed by atoms with van der Waals surface area (Å²) in [5, 5.41) is 3.05. The first-order valence-corrected chi connectivity index (χ1v) is 7.12. The van der Waals surface area contributed by atoms with Crippen LogP contribution in [0.2, 0.25) is 0 Å². The van der Waals surface area contributed by atoms with Crippen molar-refractivity contribution in [3.05, 3.63) is 35.4 Å². The summed E-state index contributed by atoms with van der Waals surface area (Å²) in [6.07, 6.45) is 3.80. The van der Waals surface area contributed by atoms with E-state index >= 15 is 0 Å². The highest BCUT2D eigenvalue weighted by Crippen LogP contribution is 2.36. The van der Waals surface area contributed by atoms with Gasteiger partial charge in [-0.05, 0) is 44.2 Å². The van der Waals surface area contributed by atoms with Gasteiger partial charge in [0.2, 0.25) is 5.91 Å². The van der Waals surface area contributed by atoms with Gasteiger partial charge in [0, 0.05) is 12.6 Å². The number of amides is 1. The predicted octanol–water partition coefficient (Wildman–Crippen LogP) is 2.17. The maximum Gasteiger partial charge on any atom is 0.227 e. The minimum absolute atomic E-state index is 0.00552. The van der Waals surface area contributed by atoms with Gasteiger partial charge in [0.05, 0.1) is 5.41 Å². The number of hydrogen-bond donors (Lipinski definition) is 2. The van der Waals surface area contributed by atoms with Gasteiger partial charge in [-0.2, -0.15) is 0 Å². The van der Waals surface area contributed by atoms with Crippen LogP contribution in [0.3, 0.4) is 0 Å². The molecule has 0 radical (unpaired) electrons. The fourth-order valence-electron chi connectivity index (χ4n) is 2.88. The van der Waals surface area contributed by atoms with Crippen LogP contribution in [0.25, 0.3) is 0 Å². The third kappa shape index (κ3) is 2.98. The van der Waals surface area contributed by atoms with E-state index in [4.69, 9.17) is 5.73 Å². The molecule has 1 aliphatic rings. The average molecular weight is 260 g/mol. The topological polar surface area (TPSA) is 55.1 Å². The smallest absolute Gasteiger partial charge is 0.227 e. The van der Waals surface area contributed by atoms with Crippen molar-refractivity contribution in [3.8, 4) is 0 Å². The van der Waals surface area contributed by atoms with Gasteiger partial charge in [-0.3, -0.25) is 4.79 Å². The van der Waals surface area contributed by atoms with Gasteiger partial charge in [-0.15, -0.1) is 0 Å². The Morgan fingerprint density at radius 2 is 2.21 bits per heavy atom. The van der Waals surface area contributed by atoms with E-state index in [-0.39, 0.29) is 17.4 Å². The van der Waals surface area contributed by atoms with Crippen LogP contribution >= 0.6 is 0 Å². The van der Waals surface area contributed by atoms with E-state index in [1.807, 2.05) is 19.1 Å². The number of benzene rings is 1. The number of aryl methyl sites for hydroxylation is 1. The van der Waals surface area contributed by atoms with E-state index in [1.54, 1.807) is 0 Å². The second-order valence-electron chi connectivity index (χ2n) is 5.85. The molecule has 0 aliphatic heterocycles. The number of nitrogens with one attached hydrogen (secondary N) is 1. The lowest BCUT2D eigenvalue weighted by molar-refractivity contribution is -0.130. The second kappa shape index (κ2) is 5.74. The Bertz CT molecular complexity index is 458. The van der Waals surface area contributed by atoms with Gasteiger partial charge in [0.25, 0.3) is 0 Å². The van der Waals surface area contributed by atoms with Crippen molar-refractivity contribution in [2.45, 2.75) is 45.6 Å². The molecule has 0 heterocycles. The minimum Gasteiger partial charge on any atom is -0.355 e. The summed E-state index contributed by atoms with van der Waals surface area (Å²) < 4.78 is 0. The van der Waals surface area contributed by atoms with Crippen LogP contribution in [0.5, 0.6) is 0 Å². The number of carbonyl (C=O) groups is 1. The molecule has 2 unspecified atom stereocenters. The molecule has 2 atom stereocenters. The first-order chi connectivity index (χ1) is 9.04. The van der Waals surface area contributed by atoms with Crippen molar-refractivity contribution in [3.63, 3.8) is 0 Å². The highest BCUT2D eigenvalue weighted by atomic mass is 16.2. The first kappa shape index (κ1) is 14.1. The van der Waals surface area contributed by atoms with Crippen LogP contribution < -0.4 is 11.1 Å². The fraction of sp³-hybridized carbons (Fsp3) is 0.562. The summed E-state index contributed by atoms with van der Waals surface area (Å²) >= 11 is 0. The van der Waals surface area contributed by atoms with Gasteiger partial charge in [0.15, 0.2) is 0 Å². The lowest BCUT2D eigenvalue weighted by Gasteiger charge is -2.27. The molecule has 104 valence electrons. The van der Waals surface area contributed by atoms with Crippen LogP contribution in [-0.2, 0) is 11.2 Å². The van der Waals surface area contributed by atoms with Crippen molar-refractivity contribution in [1.82, 2.24) is 5.32 Å². The van der Waals surface area contributed by atoms with E-state index in [2.05, 4.69) is 24.4 Å². The molecule has 3 heteroatoms. The van der Waals surface area contributed by atoms with Gasteiger partial charge in [-0.25, -0.2) is 0 Å². The Hall–Kier alpha value is -1.35. The third-order valence-corrected chi connectivity index (χ3v) is 4.49. The lowest BCUT2D eigenvalue weighted by Crippen LogP contribution is -2.47. The van der Waals surface area contributed by atoms with Crippen molar-refractivity contribution < 1.29 is 4.79 Å². The van der Waals surface area contributed by atoms with Gasteiger partial charge >= 0.3 is 0 Å². The maximum absolute atomic E-state index is 12.3. The van der Waals surface area contributed by atoms with Crippen molar-refractivity contribution in [2.24, 2.45) is 11.1 Å². The highest BCUT2D eigenvalue weighted by Gasteiger charge is 2.42. The van der Waals surface area contributed by atoms with E-state index in [1.165, 1.54) is 11.1 Å².